The van der Waals surface area contributed by atoms with E-state index >= 15 is 0 Å². The molecule has 1 saturated heterocycles. The van der Waals surface area contributed by atoms with Crippen molar-refractivity contribution in [3.63, 3.8) is 0 Å². The molecule has 0 aliphatic carbocycles. The normalized spacial score (nSPS) is 15.1. The van der Waals surface area contributed by atoms with Crippen LogP contribution in [0.15, 0.2) is 12.2 Å². The quantitative estimate of drug-likeness (QED) is 0.0358. The molecular formula is C68H130O6. The highest BCUT2D eigenvalue weighted by atomic mass is 16.6. The zero-order valence-corrected chi connectivity index (χ0v) is 49.9. The minimum atomic E-state index is -1.12. The van der Waals surface area contributed by atoms with Gasteiger partial charge in [0.2, 0.25) is 0 Å². The zero-order chi connectivity index (χ0) is 53.2. The van der Waals surface area contributed by atoms with Crippen molar-refractivity contribution in [3.05, 3.63) is 12.2 Å². The highest BCUT2D eigenvalue weighted by molar-refractivity contribution is 5.80. The molecule has 74 heavy (non-hydrogen) atoms. The van der Waals surface area contributed by atoms with Gasteiger partial charge in [0.05, 0.1) is 31.0 Å². The van der Waals surface area contributed by atoms with Gasteiger partial charge in [-0.1, -0.05) is 347 Å². The Balaban J connectivity index is 1.67. The Morgan fingerprint density at radius 1 is 0.351 bits per heavy atom. The zero-order valence-electron chi connectivity index (χ0n) is 49.9. The molecule has 1 atom stereocenters. The van der Waals surface area contributed by atoms with Gasteiger partial charge in [-0.25, -0.2) is 0 Å². The van der Waals surface area contributed by atoms with Crippen LogP contribution in [0.25, 0.3) is 0 Å². The van der Waals surface area contributed by atoms with E-state index in [1.54, 1.807) is 0 Å². The molecule has 1 heterocycles. The summed E-state index contributed by atoms with van der Waals surface area (Å²) in [6.45, 7) is 1.21. The van der Waals surface area contributed by atoms with Crippen LogP contribution >= 0.6 is 0 Å². The van der Waals surface area contributed by atoms with Crippen LogP contribution in [-0.4, -0.2) is 48.6 Å². The van der Waals surface area contributed by atoms with Crippen molar-refractivity contribution in [2.75, 3.05) is 26.4 Å². The summed E-state index contributed by atoms with van der Waals surface area (Å²) in [5.74, 6) is -1.40. The van der Waals surface area contributed by atoms with E-state index in [-0.39, 0.29) is 19.6 Å². The predicted molar refractivity (Wildman–Crippen MR) is 320 cm³/mol. The Labute approximate surface area is 462 Å². The molecule has 6 heteroatoms. The molecule has 1 aliphatic heterocycles. The van der Waals surface area contributed by atoms with Crippen molar-refractivity contribution >= 4 is 11.9 Å². The lowest BCUT2D eigenvalue weighted by Crippen LogP contribution is -2.40. The summed E-state index contributed by atoms with van der Waals surface area (Å²) < 4.78 is 10.6. The number of hydrogen-bond acceptors (Lipinski definition) is 6. The minimum Gasteiger partial charge on any atom is -0.465 e. The summed E-state index contributed by atoms with van der Waals surface area (Å²) in [4.78, 5) is 24.8. The average molecular weight is 1040 g/mol. The second kappa shape index (κ2) is 57.8. The summed E-state index contributed by atoms with van der Waals surface area (Å²) in [5, 5.41) is 19.2. The number of cyclic esters (lactones) is 2. The lowest BCUT2D eigenvalue weighted by atomic mass is 9.92. The van der Waals surface area contributed by atoms with Gasteiger partial charge in [-0.2, -0.15) is 0 Å². The molecule has 0 spiro atoms. The first-order valence-corrected chi connectivity index (χ1v) is 33.8. The molecule has 438 valence electrons. The molecule has 2 N–H and O–H groups in total. The van der Waals surface area contributed by atoms with Gasteiger partial charge in [0, 0.05) is 0 Å². The lowest BCUT2D eigenvalue weighted by molar-refractivity contribution is -0.155. The summed E-state index contributed by atoms with van der Waals surface area (Å²) in [7, 11) is 0. The molecule has 0 saturated carbocycles. The summed E-state index contributed by atoms with van der Waals surface area (Å²) >= 11 is 0. The van der Waals surface area contributed by atoms with E-state index in [2.05, 4.69) is 19.1 Å². The Hall–Kier alpha value is -1.40. The molecule has 1 aliphatic rings. The van der Waals surface area contributed by atoms with E-state index in [1.165, 1.54) is 334 Å². The van der Waals surface area contributed by atoms with Crippen LogP contribution in [-0.2, 0) is 19.1 Å². The number of hydrogen-bond donors (Lipinski definition) is 2. The highest BCUT2D eigenvalue weighted by Crippen LogP contribution is 2.25. The van der Waals surface area contributed by atoms with Crippen molar-refractivity contribution in [2.45, 2.75) is 373 Å². The molecule has 0 amide bonds. The van der Waals surface area contributed by atoms with Crippen LogP contribution in [0.5, 0.6) is 0 Å². The molecule has 6 nitrogen and oxygen atoms in total. The number of carbonyl (C=O) groups is 2. The maximum atomic E-state index is 12.6. The van der Waals surface area contributed by atoms with E-state index in [9.17, 15) is 19.8 Å². The first-order chi connectivity index (χ1) is 36.6. The molecule has 0 aromatic carbocycles. The number of allylic oxidation sites excluding steroid dienone is 2. The van der Waals surface area contributed by atoms with Crippen molar-refractivity contribution in [1.29, 1.82) is 0 Å². The largest absolute Gasteiger partial charge is 0.465 e. The van der Waals surface area contributed by atoms with Crippen molar-refractivity contribution < 1.29 is 29.3 Å². The molecule has 1 rings (SSSR count). The van der Waals surface area contributed by atoms with Crippen molar-refractivity contribution in [1.82, 2.24) is 0 Å². The number of ether oxygens (including phenoxy) is 2. The van der Waals surface area contributed by atoms with Crippen molar-refractivity contribution in [2.24, 2.45) is 11.3 Å². The summed E-state index contributed by atoms with van der Waals surface area (Å²) in [6.07, 6.45) is 83.1. The van der Waals surface area contributed by atoms with Crippen LogP contribution in [0.4, 0.5) is 0 Å². The van der Waals surface area contributed by atoms with E-state index in [4.69, 9.17) is 9.47 Å². The number of esters is 2. The predicted octanol–water partition coefficient (Wildman–Crippen LogP) is 21.5. The van der Waals surface area contributed by atoms with Gasteiger partial charge in [-0.15, -0.1) is 0 Å². The topological polar surface area (TPSA) is 93.1 Å². The maximum absolute atomic E-state index is 12.6. The molecule has 0 aromatic heterocycles. The number of aliphatic hydroxyl groups excluding tert-OH is 2. The third-order valence-electron chi connectivity index (χ3n) is 16.8. The number of unbranched alkanes of at least 4 members (excludes halogenated alkanes) is 53. The van der Waals surface area contributed by atoms with E-state index in [1.807, 2.05) is 0 Å². The molecule has 1 unspecified atom stereocenters. The van der Waals surface area contributed by atoms with Gasteiger partial charge >= 0.3 is 11.9 Å². The van der Waals surface area contributed by atoms with Crippen LogP contribution in [0, 0.1) is 11.3 Å². The van der Waals surface area contributed by atoms with Gasteiger partial charge in [0.1, 0.15) is 13.2 Å². The Morgan fingerprint density at radius 2 is 0.581 bits per heavy atom. The van der Waals surface area contributed by atoms with Crippen LogP contribution in [0.1, 0.15) is 373 Å². The second-order valence-corrected chi connectivity index (χ2v) is 24.2. The third kappa shape index (κ3) is 48.9. The minimum absolute atomic E-state index is 0.00506. The van der Waals surface area contributed by atoms with Crippen LogP contribution < -0.4 is 0 Å². The Morgan fingerprint density at radius 3 is 0.838 bits per heavy atom. The highest BCUT2D eigenvalue weighted by Gasteiger charge is 2.36. The van der Waals surface area contributed by atoms with E-state index < -0.39 is 36.5 Å². The molecule has 0 aromatic rings. The van der Waals surface area contributed by atoms with Crippen LogP contribution in [0.3, 0.4) is 0 Å². The smallest absolute Gasteiger partial charge is 0.309 e. The van der Waals surface area contributed by atoms with E-state index in [0.29, 0.717) is 6.42 Å². The first-order valence-electron chi connectivity index (χ1n) is 33.8. The summed E-state index contributed by atoms with van der Waals surface area (Å²) in [6, 6.07) is 0. The first kappa shape index (κ1) is 70.6. The van der Waals surface area contributed by atoms with Gasteiger partial charge < -0.3 is 19.7 Å². The van der Waals surface area contributed by atoms with Gasteiger partial charge in [-0.3, -0.25) is 9.59 Å². The summed E-state index contributed by atoms with van der Waals surface area (Å²) in [5.41, 5.74) is -1.12. The van der Waals surface area contributed by atoms with Gasteiger partial charge in [0.15, 0.2) is 0 Å². The fraction of sp³-hybridized carbons (Fsp3) is 0.941. The maximum Gasteiger partial charge on any atom is 0.309 e. The Kier molecular flexibility index (Phi) is 55.1. The lowest BCUT2D eigenvalue weighted by Gasteiger charge is -2.27. The average Bonchev–Trinajstić information content (AvgIpc) is 3.47. The molecular weight excluding hydrogens is 913 g/mol. The van der Waals surface area contributed by atoms with Crippen molar-refractivity contribution in [3.8, 4) is 0 Å². The van der Waals surface area contributed by atoms with E-state index in [0.717, 1.165) is 19.3 Å². The monoisotopic (exact) mass is 1040 g/mol. The number of carbonyl (C=O) groups excluding carboxylic acids is 2. The third-order valence-corrected chi connectivity index (χ3v) is 16.8. The molecule has 0 radical (unpaired) electrons. The SMILES string of the molecule is CCCCCCCCCCCCCCCCC/C=C/CCCCCCCCCCCCCCCCCCCCCCCCCCCCCCCCCCCCCCCCC1CC(=O)OCC(CO)(CO)COC1=O. The fourth-order valence-electron chi connectivity index (χ4n) is 11.3. The van der Waals surface area contributed by atoms with Gasteiger partial charge in [0.25, 0.3) is 0 Å². The van der Waals surface area contributed by atoms with Crippen LogP contribution in [0.2, 0.25) is 0 Å². The molecule has 1 fully saturated rings. The standard InChI is InChI=1S/C68H130O6/c1-2-3-4-5-6-7-8-9-10-11-12-13-14-15-16-17-18-19-20-21-22-23-24-25-26-27-28-29-30-31-32-33-34-35-36-37-38-39-40-41-42-43-44-45-46-47-48-49-50-51-52-53-54-55-56-57-58-59-65-60-66(71)73-63-68(61-69,62-70)64-74-67(65)72/h18-19,65,69-70H,2-17,20-64H2,1H3/b19-18+. The Bertz CT molecular complexity index is 1160. The van der Waals surface area contributed by atoms with Gasteiger partial charge in [-0.05, 0) is 32.1 Å². The second-order valence-electron chi connectivity index (χ2n) is 24.2. The number of rotatable bonds is 59. The molecule has 0 bridgehead atoms. The fourth-order valence-corrected chi connectivity index (χ4v) is 11.3. The number of aliphatic hydroxyl groups is 2.